The lowest BCUT2D eigenvalue weighted by Gasteiger charge is -2.22. The minimum Gasteiger partial charge on any atom is -0.493 e. The van der Waals surface area contributed by atoms with Gasteiger partial charge in [0.15, 0.2) is 11.5 Å². The molecule has 114 valence electrons. The van der Waals surface area contributed by atoms with Crippen LogP contribution in [-0.2, 0) is 0 Å². The summed E-state index contributed by atoms with van der Waals surface area (Å²) in [7, 11) is 4.93. The Morgan fingerprint density at radius 3 is 2.52 bits per heavy atom. The second-order valence-electron chi connectivity index (χ2n) is 5.36. The number of methoxy groups -OCH3 is 3. The van der Waals surface area contributed by atoms with Gasteiger partial charge >= 0.3 is 0 Å². The van der Waals surface area contributed by atoms with Gasteiger partial charge < -0.3 is 24.5 Å². The molecular weight excluding hydrogens is 268 g/mol. The minimum atomic E-state index is 0.523. The van der Waals surface area contributed by atoms with Crippen LogP contribution in [-0.4, -0.2) is 39.4 Å². The number of aromatic nitrogens is 1. The first kappa shape index (κ1) is 14.1. The van der Waals surface area contributed by atoms with Crippen LogP contribution in [0.1, 0.15) is 24.3 Å². The van der Waals surface area contributed by atoms with Crippen molar-refractivity contribution in [3.63, 3.8) is 0 Å². The Bertz CT molecular complexity index is 630. The molecule has 0 spiro atoms. The summed E-state index contributed by atoms with van der Waals surface area (Å²) in [5.74, 6) is 2.55. The van der Waals surface area contributed by atoms with E-state index >= 15 is 0 Å². The van der Waals surface area contributed by atoms with E-state index in [1.54, 1.807) is 21.3 Å². The average molecular weight is 290 g/mol. The van der Waals surface area contributed by atoms with E-state index in [0.717, 1.165) is 24.0 Å². The zero-order valence-electron chi connectivity index (χ0n) is 12.8. The van der Waals surface area contributed by atoms with Crippen molar-refractivity contribution in [2.24, 2.45) is 0 Å². The van der Waals surface area contributed by atoms with Gasteiger partial charge in [0, 0.05) is 18.1 Å². The molecular formula is C16H22N2O3. The summed E-state index contributed by atoms with van der Waals surface area (Å²) in [6.07, 6.45) is 4.50. The van der Waals surface area contributed by atoms with Gasteiger partial charge in [0.25, 0.3) is 0 Å². The van der Waals surface area contributed by atoms with Crippen molar-refractivity contribution in [3.8, 4) is 17.2 Å². The zero-order valence-corrected chi connectivity index (χ0v) is 12.8. The van der Waals surface area contributed by atoms with Crippen LogP contribution in [0.2, 0.25) is 0 Å². The molecule has 0 amide bonds. The topological polar surface area (TPSA) is 55.5 Å². The Kier molecular flexibility index (Phi) is 3.92. The van der Waals surface area contributed by atoms with Gasteiger partial charge in [0.1, 0.15) is 0 Å². The molecule has 3 rings (SSSR count). The number of H-pyrrole nitrogens is 1. The van der Waals surface area contributed by atoms with Gasteiger partial charge in [0.2, 0.25) is 5.75 Å². The average Bonchev–Trinajstić information content (AvgIpc) is 2.97. The van der Waals surface area contributed by atoms with Gasteiger partial charge in [-0.15, -0.1) is 0 Å². The molecule has 0 radical (unpaired) electrons. The predicted octanol–water partition coefficient (Wildman–Crippen LogP) is 2.66. The number of hydrogen-bond donors (Lipinski definition) is 2. The third-order valence-electron chi connectivity index (χ3n) is 4.25. The summed E-state index contributed by atoms with van der Waals surface area (Å²) >= 11 is 0. The number of piperidine rings is 1. The third kappa shape index (κ3) is 2.31. The van der Waals surface area contributed by atoms with Crippen LogP contribution in [0.25, 0.3) is 10.9 Å². The molecule has 1 saturated heterocycles. The Morgan fingerprint density at radius 1 is 1.10 bits per heavy atom. The number of ether oxygens (including phenoxy) is 3. The molecule has 2 N–H and O–H groups in total. The van der Waals surface area contributed by atoms with E-state index in [9.17, 15) is 0 Å². The maximum absolute atomic E-state index is 5.54. The minimum absolute atomic E-state index is 0.523. The summed E-state index contributed by atoms with van der Waals surface area (Å²) in [5.41, 5.74) is 2.28. The Hall–Kier alpha value is -1.88. The molecule has 0 bridgehead atoms. The van der Waals surface area contributed by atoms with E-state index in [-0.39, 0.29) is 0 Å². The van der Waals surface area contributed by atoms with Gasteiger partial charge in [-0.05, 0) is 36.9 Å². The summed E-state index contributed by atoms with van der Waals surface area (Å²) in [5, 5.41) is 4.62. The van der Waals surface area contributed by atoms with Crippen LogP contribution < -0.4 is 19.5 Å². The number of rotatable bonds is 4. The molecule has 21 heavy (non-hydrogen) atoms. The molecule has 1 aliphatic heterocycles. The number of aromatic amines is 1. The Labute approximate surface area is 124 Å². The second kappa shape index (κ2) is 5.85. The highest BCUT2D eigenvalue weighted by Gasteiger charge is 2.23. The monoisotopic (exact) mass is 290 g/mol. The van der Waals surface area contributed by atoms with Crippen molar-refractivity contribution >= 4 is 10.9 Å². The lowest BCUT2D eigenvalue weighted by atomic mass is 9.91. The van der Waals surface area contributed by atoms with Gasteiger partial charge in [-0.25, -0.2) is 0 Å². The highest BCUT2D eigenvalue weighted by atomic mass is 16.5. The van der Waals surface area contributed by atoms with Crippen molar-refractivity contribution in [3.05, 3.63) is 17.8 Å². The normalized spacial score (nSPS) is 18.7. The van der Waals surface area contributed by atoms with Gasteiger partial charge in [-0.3, -0.25) is 0 Å². The standard InChI is InChI=1S/C16H22N2O3/c1-19-13-7-11-12(10-5-4-6-17-8-10)9-18-14(11)16(21-3)15(13)20-2/h7,9-10,17-18H,4-6,8H2,1-3H3. The quantitative estimate of drug-likeness (QED) is 0.909. The van der Waals surface area contributed by atoms with Crippen molar-refractivity contribution in [1.82, 2.24) is 10.3 Å². The second-order valence-corrected chi connectivity index (χ2v) is 5.36. The molecule has 1 aliphatic rings. The molecule has 2 aromatic rings. The SMILES string of the molecule is COc1cc2c(C3CCCNC3)c[nH]c2c(OC)c1OC. The Morgan fingerprint density at radius 2 is 1.90 bits per heavy atom. The fourth-order valence-electron chi connectivity index (χ4n) is 3.21. The molecule has 5 heteroatoms. The van der Waals surface area contributed by atoms with Crippen LogP contribution in [0.15, 0.2) is 12.3 Å². The fraction of sp³-hybridized carbons (Fsp3) is 0.500. The smallest absolute Gasteiger partial charge is 0.205 e. The molecule has 0 aliphatic carbocycles. The first-order chi connectivity index (χ1) is 10.3. The largest absolute Gasteiger partial charge is 0.493 e. The number of nitrogens with one attached hydrogen (secondary N) is 2. The van der Waals surface area contributed by atoms with E-state index in [1.807, 2.05) is 6.07 Å². The van der Waals surface area contributed by atoms with Crippen molar-refractivity contribution in [2.75, 3.05) is 34.4 Å². The summed E-state index contributed by atoms with van der Waals surface area (Å²) in [6, 6.07) is 2.04. The van der Waals surface area contributed by atoms with Crippen molar-refractivity contribution < 1.29 is 14.2 Å². The molecule has 1 aromatic carbocycles. The molecule has 0 saturated carbocycles. The van der Waals surface area contributed by atoms with E-state index < -0.39 is 0 Å². The van der Waals surface area contributed by atoms with E-state index in [1.165, 1.54) is 18.4 Å². The third-order valence-corrected chi connectivity index (χ3v) is 4.25. The first-order valence-corrected chi connectivity index (χ1v) is 7.30. The number of hydrogen-bond acceptors (Lipinski definition) is 4. The Balaban J connectivity index is 2.16. The molecule has 1 unspecified atom stereocenters. The molecule has 1 aromatic heterocycles. The molecule has 5 nitrogen and oxygen atoms in total. The first-order valence-electron chi connectivity index (χ1n) is 7.30. The van der Waals surface area contributed by atoms with Gasteiger partial charge in [-0.2, -0.15) is 0 Å². The fourth-order valence-corrected chi connectivity index (χ4v) is 3.21. The van der Waals surface area contributed by atoms with Crippen LogP contribution in [0.3, 0.4) is 0 Å². The zero-order chi connectivity index (χ0) is 14.8. The summed E-state index contributed by atoms with van der Waals surface area (Å²) < 4.78 is 16.4. The molecule has 1 fully saturated rings. The molecule has 1 atom stereocenters. The van der Waals surface area contributed by atoms with Crippen LogP contribution >= 0.6 is 0 Å². The highest BCUT2D eigenvalue weighted by Crippen LogP contribution is 2.45. The highest BCUT2D eigenvalue weighted by molar-refractivity contribution is 5.93. The van der Waals surface area contributed by atoms with E-state index in [2.05, 4.69) is 16.5 Å². The lowest BCUT2D eigenvalue weighted by molar-refractivity contribution is 0.327. The maximum Gasteiger partial charge on any atom is 0.205 e. The van der Waals surface area contributed by atoms with E-state index in [0.29, 0.717) is 23.2 Å². The maximum atomic E-state index is 5.54. The summed E-state index contributed by atoms with van der Waals surface area (Å²) in [6.45, 7) is 2.13. The van der Waals surface area contributed by atoms with E-state index in [4.69, 9.17) is 14.2 Å². The number of benzene rings is 1. The van der Waals surface area contributed by atoms with Crippen molar-refractivity contribution in [1.29, 1.82) is 0 Å². The van der Waals surface area contributed by atoms with Crippen LogP contribution in [0.4, 0.5) is 0 Å². The number of fused-ring (bicyclic) bond motifs is 1. The molecule has 2 heterocycles. The van der Waals surface area contributed by atoms with Crippen LogP contribution in [0, 0.1) is 0 Å². The van der Waals surface area contributed by atoms with Gasteiger partial charge in [-0.1, -0.05) is 0 Å². The van der Waals surface area contributed by atoms with Gasteiger partial charge in [0.05, 0.1) is 26.8 Å². The summed E-state index contributed by atoms with van der Waals surface area (Å²) in [4.78, 5) is 3.34. The van der Waals surface area contributed by atoms with Crippen LogP contribution in [0.5, 0.6) is 17.2 Å². The lowest BCUT2D eigenvalue weighted by Crippen LogP contribution is -2.28. The van der Waals surface area contributed by atoms with Crippen molar-refractivity contribution in [2.45, 2.75) is 18.8 Å². The predicted molar refractivity (Wildman–Crippen MR) is 82.8 cm³/mol.